The first kappa shape index (κ1) is 36.5. The first-order chi connectivity index (χ1) is 22.4. The lowest BCUT2D eigenvalue weighted by atomic mass is 9.80. The molecule has 0 aromatic heterocycles. The Kier molecular flexibility index (Phi) is 13.3. The van der Waals surface area contributed by atoms with Crippen LogP contribution in [-0.4, -0.2) is 67.7 Å². The molecule has 0 spiro atoms. The smallest absolute Gasteiger partial charge is 0.431 e. The molecule has 0 aliphatic carbocycles. The molecule has 0 fully saturated rings. The van der Waals surface area contributed by atoms with Crippen molar-refractivity contribution in [3.05, 3.63) is 92.3 Å². The number of nitro groups is 1. The molecule has 0 amide bonds. The lowest BCUT2D eigenvalue weighted by Crippen LogP contribution is -2.38. The number of nitrogens with one attached hydrogen (secondary N) is 2. The fraction of sp³-hybridized carbons (Fsp3) is 0.406. The van der Waals surface area contributed by atoms with Crippen LogP contribution in [0.15, 0.2) is 71.1 Å². The highest BCUT2D eigenvalue weighted by Crippen LogP contribution is 2.44. The maximum Gasteiger partial charge on any atom is 0.431 e. The SMILES string of the molecule is COC(=O)C1=C(C(F)(F)F)NC(C)=C(C(=O)OCCCCCCNCC(O)COc2ccccc2C#N)C1c1cccc([N+](=O)[O-])c1. The van der Waals surface area contributed by atoms with Gasteiger partial charge >= 0.3 is 18.1 Å². The molecule has 0 saturated carbocycles. The van der Waals surface area contributed by atoms with E-state index in [0.717, 1.165) is 32.1 Å². The summed E-state index contributed by atoms with van der Waals surface area (Å²) in [7, 11) is 0.890. The monoisotopic (exact) mass is 660 g/mol. The largest absolute Gasteiger partial charge is 0.489 e. The van der Waals surface area contributed by atoms with E-state index in [9.17, 15) is 38.0 Å². The number of aliphatic hydroxyl groups is 1. The lowest BCUT2D eigenvalue weighted by molar-refractivity contribution is -0.384. The van der Waals surface area contributed by atoms with Crippen LogP contribution in [0.5, 0.6) is 5.75 Å². The van der Waals surface area contributed by atoms with Crippen molar-refractivity contribution in [2.24, 2.45) is 0 Å². The van der Waals surface area contributed by atoms with Crippen LogP contribution in [0.25, 0.3) is 0 Å². The van der Waals surface area contributed by atoms with Crippen LogP contribution >= 0.6 is 0 Å². The maximum absolute atomic E-state index is 14.0. The third-order valence-electron chi connectivity index (χ3n) is 7.19. The summed E-state index contributed by atoms with van der Waals surface area (Å²) in [5.41, 5.74) is -3.04. The zero-order chi connectivity index (χ0) is 34.6. The van der Waals surface area contributed by atoms with Gasteiger partial charge in [0.2, 0.25) is 0 Å². The van der Waals surface area contributed by atoms with E-state index in [-0.39, 0.29) is 36.6 Å². The van der Waals surface area contributed by atoms with Crippen LogP contribution in [0, 0.1) is 21.4 Å². The van der Waals surface area contributed by atoms with Gasteiger partial charge in [0, 0.05) is 24.4 Å². The van der Waals surface area contributed by atoms with Crippen molar-refractivity contribution in [3.63, 3.8) is 0 Å². The van der Waals surface area contributed by atoms with E-state index >= 15 is 0 Å². The number of rotatable bonds is 16. The predicted molar refractivity (Wildman–Crippen MR) is 162 cm³/mol. The van der Waals surface area contributed by atoms with E-state index in [1.54, 1.807) is 24.3 Å². The Morgan fingerprint density at radius 3 is 2.51 bits per heavy atom. The van der Waals surface area contributed by atoms with Crippen molar-refractivity contribution in [1.82, 2.24) is 10.6 Å². The number of methoxy groups -OCH3 is 1. The van der Waals surface area contributed by atoms with Crippen molar-refractivity contribution in [2.45, 2.75) is 50.8 Å². The number of non-ortho nitro benzene ring substituents is 1. The maximum atomic E-state index is 14.0. The van der Waals surface area contributed by atoms with Crippen molar-refractivity contribution in [3.8, 4) is 11.8 Å². The number of allylic oxidation sites excluding steroid dienone is 2. The first-order valence-electron chi connectivity index (χ1n) is 14.7. The molecule has 2 aromatic rings. The van der Waals surface area contributed by atoms with Crippen LogP contribution in [0.2, 0.25) is 0 Å². The topological polar surface area (TPSA) is 173 Å². The number of unbranched alkanes of at least 4 members (excludes halogenated alkanes) is 3. The summed E-state index contributed by atoms with van der Waals surface area (Å²) in [4.78, 5) is 36.6. The van der Waals surface area contributed by atoms with Gasteiger partial charge < -0.3 is 30.0 Å². The molecule has 12 nitrogen and oxygen atoms in total. The van der Waals surface area contributed by atoms with Crippen LogP contribution in [-0.2, 0) is 19.1 Å². The average molecular weight is 661 g/mol. The fourth-order valence-corrected chi connectivity index (χ4v) is 4.95. The van der Waals surface area contributed by atoms with Crippen LogP contribution < -0.4 is 15.4 Å². The minimum atomic E-state index is -5.04. The van der Waals surface area contributed by atoms with E-state index in [1.165, 1.54) is 19.1 Å². The molecule has 0 radical (unpaired) electrons. The molecule has 1 aliphatic heterocycles. The van der Waals surface area contributed by atoms with Crippen LogP contribution in [0.4, 0.5) is 18.9 Å². The second kappa shape index (κ2) is 17.1. The third-order valence-corrected chi connectivity index (χ3v) is 7.19. The number of carbonyl (C=O) groups excluding carboxylic acids is 2. The van der Waals surface area contributed by atoms with Crippen LogP contribution in [0.1, 0.15) is 49.7 Å². The zero-order valence-electron chi connectivity index (χ0n) is 25.8. The van der Waals surface area contributed by atoms with Crippen molar-refractivity contribution >= 4 is 17.6 Å². The summed E-state index contributed by atoms with van der Waals surface area (Å²) in [6.07, 6.45) is -3.24. The number of para-hydroxylation sites is 1. The molecule has 1 heterocycles. The van der Waals surface area contributed by atoms with Gasteiger partial charge in [-0.05, 0) is 44.0 Å². The van der Waals surface area contributed by atoms with Gasteiger partial charge in [-0.3, -0.25) is 10.1 Å². The zero-order valence-corrected chi connectivity index (χ0v) is 25.8. The van der Waals surface area contributed by atoms with Gasteiger partial charge in [-0.1, -0.05) is 37.1 Å². The summed E-state index contributed by atoms with van der Waals surface area (Å²) < 4.78 is 57.7. The van der Waals surface area contributed by atoms with E-state index in [0.29, 0.717) is 30.7 Å². The van der Waals surface area contributed by atoms with Gasteiger partial charge in [0.25, 0.3) is 5.69 Å². The molecule has 0 saturated heterocycles. The highest BCUT2D eigenvalue weighted by atomic mass is 19.4. The number of esters is 2. The van der Waals surface area contributed by atoms with Crippen molar-refractivity contribution in [1.29, 1.82) is 5.26 Å². The van der Waals surface area contributed by atoms with Crippen molar-refractivity contribution in [2.75, 3.05) is 33.4 Å². The Morgan fingerprint density at radius 2 is 1.83 bits per heavy atom. The Hall–Kier alpha value is -4.94. The number of nitrogens with zero attached hydrogens (tertiary/aromatic N) is 2. The number of benzene rings is 2. The molecule has 3 N–H and O–H groups in total. The number of halogens is 3. The highest BCUT2D eigenvalue weighted by Gasteiger charge is 2.47. The number of aliphatic hydroxyl groups excluding tert-OH is 1. The fourth-order valence-electron chi connectivity index (χ4n) is 4.95. The molecular weight excluding hydrogens is 625 g/mol. The van der Waals surface area contributed by atoms with Crippen molar-refractivity contribution < 1.29 is 47.0 Å². The molecule has 1 aliphatic rings. The van der Waals surface area contributed by atoms with Gasteiger partial charge in [0.1, 0.15) is 30.2 Å². The lowest BCUT2D eigenvalue weighted by Gasteiger charge is -2.31. The Morgan fingerprint density at radius 1 is 1.11 bits per heavy atom. The molecule has 0 bridgehead atoms. The quantitative estimate of drug-likeness (QED) is 0.0998. The van der Waals surface area contributed by atoms with Gasteiger partial charge in [0.15, 0.2) is 0 Å². The number of hydrogen-bond acceptors (Lipinski definition) is 11. The normalized spacial score (nSPS) is 15.4. The summed E-state index contributed by atoms with van der Waals surface area (Å²) in [5, 5.41) is 35.8. The first-order valence-corrected chi connectivity index (χ1v) is 14.7. The summed E-state index contributed by atoms with van der Waals surface area (Å²) in [6.45, 7) is 2.05. The van der Waals surface area contributed by atoms with E-state index in [1.807, 2.05) is 6.07 Å². The number of ether oxygens (including phenoxy) is 3. The van der Waals surface area contributed by atoms with Gasteiger partial charge in [-0.25, -0.2) is 9.59 Å². The molecule has 2 unspecified atom stereocenters. The predicted octanol–water partition coefficient (Wildman–Crippen LogP) is 4.55. The highest BCUT2D eigenvalue weighted by molar-refractivity contribution is 6.00. The Balaban J connectivity index is 1.54. The average Bonchev–Trinajstić information content (AvgIpc) is 3.05. The standard InChI is InChI=1S/C32H35F3N4O8/c1-20-26(27(21-11-9-12-23(16-21)39(43)44)28(30(41)45-2)29(38-20)32(33,34)35)31(42)46-15-8-4-3-7-14-37-18-24(40)19-47-25-13-6-5-10-22(25)17-36/h5-6,9-13,16,24,27,37-38,40H,3-4,7-8,14-15,18-19H2,1-2H3. The number of alkyl halides is 3. The minimum absolute atomic E-state index is 0.0128. The van der Waals surface area contributed by atoms with E-state index < -0.39 is 52.0 Å². The van der Waals surface area contributed by atoms with Gasteiger partial charge in [-0.15, -0.1) is 0 Å². The third kappa shape index (κ3) is 10.0. The second-order valence-electron chi connectivity index (χ2n) is 10.6. The molecule has 2 atom stereocenters. The minimum Gasteiger partial charge on any atom is -0.489 e. The number of carbonyl (C=O) groups is 2. The summed E-state index contributed by atoms with van der Waals surface area (Å²) in [5.74, 6) is -3.60. The van der Waals surface area contributed by atoms with Crippen LogP contribution in [0.3, 0.4) is 0 Å². The number of nitriles is 1. The van der Waals surface area contributed by atoms with Gasteiger partial charge in [-0.2, -0.15) is 18.4 Å². The second-order valence-corrected chi connectivity index (χ2v) is 10.6. The molecule has 3 rings (SSSR count). The molecule has 15 heteroatoms. The number of hydrogen-bond donors (Lipinski definition) is 3. The van der Waals surface area contributed by atoms with E-state index in [4.69, 9.17) is 14.7 Å². The Labute approximate surface area is 269 Å². The molecule has 252 valence electrons. The van der Waals surface area contributed by atoms with E-state index in [2.05, 4.69) is 15.4 Å². The summed E-state index contributed by atoms with van der Waals surface area (Å²) >= 11 is 0. The van der Waals surface area contributed by atoms with Gasteiger partial charge in [0.05, 0.1) is 41.3 Å². The number of dihydropyridines is 1. The summed E-state index contributed by atoms with van der Waals surface area (Å²) in [6, 6.07) is 13.4. The Bertz CT molecular complexity index is 1550. The molecule has 2 aromatic carbocycles. The number of nitro benzene ring substituents is 1. The molecular formula is C32H35F3N4O8. The molecule has 47 heavy (non-hydrogen) atoms.